The van der Waals surface area contributed by atoms with E-state index in [0.717, 1.165) is 6.42 Å². The summed E-state index contributed by atoms with van der Waals surface area (Å²) in [5.41, 5.74) is 0. The van der Waals surface area contributed by atoms with Gasteiger partial charge in [-0.15, -0.1) is 11.8 Å². The maximum atomic E-state index is 11.1. The van der Waals surface area contributed by atoms with Gasteiger partial charge in [0.05, 0.1) is 5.97 Å². The number of thioether (sulfide) groups is 1. The van der Waals surface area contributed by atoms with Crippen molar-refractivity contribution in [3.8, 4) is 0 Å². The summed E-state index contributed by atoms with van der Waals surface area (Å²) in [7, 11) is 0. The predicted octanol–water partition coefficient (Wildman–Crippen LogP) is -0.553. The Balaban J connectivity index is 2.63. The summed E-state index contributed by atoms with van der Waals surface area (Å²) in [6, 6.07) is 0. The number of carboxylic acid groups (broad SMARTS) is 1. The smallest absolute Gasteiger partial charge is 0.155 e. The quantitative estimate of drug-likeness (QED) is 0.526. The third-order valence-electron chi connectivity index (χ3n) is 1.83. The van der Waals surface area contributed by atoms with Crippen LogP contribution in [0.25, 0.3) is 0 Å². The largest absolute Gasteiger partial charge is 0.548 e. The van der Waals surface area contributed by atoms with Crippen LogP contribution in [0.15, 0.2) is 0 Å². The zero-order valence-corrected chi connectivity index (χ0v) is 7.02. The Morgan fingerprint density at radius 3 is 2.73 bits per heavy atom. The van der Waals surface area contributed by atoms with Crippen LogP contribution in [0.4, 0.5) is 0 Å². The molecular weight excluding hydrogens is 164 g/mol. The summed E-state index contributed by atoms with van der Waals surface area (Å²) >= 11 is 1.18. The molecule has 3 nitrogen and oxygen atoms in total. The molecule has 2 atom stereocenters. The Morgan fingerprint density at radius 1 is 1.82 bits per heavy atom. The highest BCUT2D eigenvalue weighted by molar-refractivity contribution is 8.01. The van der Waals surface area contributed by atoms with E-state index in [1.54, 1.807) is 0 Å². The second-order valence-electron chi connectivity index (χ2n) is 2.54. The number of hydrogen-bond acceptors (Lipinski definition) is 4. The molecule has 1 heterocycles. The fourth-order valence-corrected chi connectivity index (χ4v) is 2.41. The van der Waals surface area contributed by atoms with E-state index in [1.165, 1.54) is 11.8 Å². The van der Waals surface area contributed by atoms with Crippen LogP contribution in [-0.2, 0) is 9.59 Å². The first kappa shape index (κ1) is 8.59. The molecule has 0 spiro atoms. The minimum atomic E-state index is -1.24. The van der Waals surface area contributed by atoms with Crippen LogP contribution < -0.4 is 5.11 Å². The van der Waals surface area contributed by atoms with Gasteiger partial charge in [0, 0.05) is 11.7 Å². The summed E-state index contributed by atoms with van der Waals surface area (Å²) < 4.78 is 0. The Kier molecular flexibility index (Phi) is 2.54. The lowest BCUT2D eigenvalue weighted by molar-refractivity contribution is -0.303. The van der Waals surface area contributed by atoms with E-state index in [9.17, 15) is 14.7 Å². The Hall–Kier alpha value is -0.510. The molecule has 4 heteroatoms. The van der Waals surface area contributed by atoms with Crippen LogP contribution >= 0.6 is 11.8 Å². The minimum absolute atomic E-state index is 0.0668. The van der Waals surface area contributed by atoms with Crippen LogP contribution in [-0.4, -0.2) is 22.8 Å². The number of carbonyl (C=O) groups excluding carboxylic acids is 2. The lowest BCUT2D eigenvalue weighted by Crippen LogP contribution is -2.37. The van der Waals surface area contributed by atoms with Gasteiger partial charge >= 0.3 is 0 Å². The number of Topliss-reactive ketones (excluding diaryl/α,β-unsaturated/α-hetero) is 1. The van der Waals surface area contributed by atoms with Crippen molar-refractivity contribution in [1.29, 1.82) is 0 Å². The Morgan fingerprint density at radius 2 is 2.45 bits per heavy atom. The molecule has 0 bridgehead atoms. The van der Waals surface area contributed by atoms with E-state index >= 15 is 0 Å². The number of rotatable bonds is 2. The van der Waals surface area contributed by atoms with Crippen molar-refractivity contribution in [3.05, 3.63) is 0 Å². The van der Waals surface area contributed by atoms with Crippen LogP contribution in [0, 0.1) is 5.92 Å². The molecule has 0 aliphatic carbocycles. The molecule has 62 valence electrons. The molecule has 0 aromatic carbocycles. The molecular formula is C7H9O3S-. The van der Waals surface area contributed by atoms with Crippen molar-refractivity contribution >= 4 is 23.5 Å². The second-order valence-corrected chi connectivity index (χ2v) is 3.68. The third-order valence-corrected chi connectivity index (χ3v) is 3.18. The molecule has 1 saturated heterocycles. The van der Waals surface area contributed by atoms with E-state index in [4.69, 9.17) is 0 Å². The van der Waals surface area contributed by atoms with Crippen molar-refractivity contribution in [3.63, 3.8) is 0 Å². The molecule has 2 unspecified atom stereocenters. The molecule has 0 amide bonds. The van der Waals surface area contributed by atoms with Gasteiger partial charge < -0.3 is 9.90 Å². The number of carboxylic acids is 1. The average molecular weight is 173 g/mol. The first-order chi connectivity index (χ1) is 5.16. The van der Waals surface area contributed by atoms with E-state index in [2.05, 4.69) is 0 Å². The Labute approximate surface area is 69.2 Å². The highest BCUT2D eigenvalue weighted by Crippen LogP contribution is 2.29. The monoisotopic (exact) mass is 173 g/mol. The van der Waals surface area contributed by atoms with Gasteiger partial charge in [0.25, 0.3) is 0 Å². The van der Waals surface area contributed by atoms with E-state index in [-0.39, 0.29) is 11.7 Å². The molecule has 0 radical (unpaired) electrons. The number of hydrogen-bond donors (Lipinski definition) is 0. The first-order valence-corrected chi connectivity index (χ1v) is 4.58. The zero-order chi connectivity index (χ0) is 8.43. The summed E-state index contributed by atoms with van der Waals surface area (Å²) in [5.74, 6) is -0.843. The van der Waals surface area contributed by atoms with Gasteiger partial charge in [-0.3, -0.25) is 4.79 Å². The van der Waals surface area contributed by atoms with Crippen LogP contribution in [0.2, 0.25) is 0 Å². The topological polar surface area (TPSA) is 57.2 Å². The fraction of sp³-hybridized carbons (Fsp3) is 0.714. The van der Waals surface area contributed by atoms with Crippen molar-refractivity contribution in [1.82, 2.24) is 0 Å². The zero-order valence-electron chi connectivity index (χ0n) is 6.20. The maximum absolute atomic E-state index is 11.1. The van der Waals surface area contributed by atoms with Crippen molar-refractivity contribution in [2.75, 3.05) is 5.75 Å². The van der Waals surface area contributed by atoms with Gasteiger partial charge in [-0.05, 0) is 6.42 Å². The van der Waals surface area contributed by atoms with Gasteiger partial charge in [-0.1, -0.05) is 6.92 Å². The standard InChI is InChI=1S/C7H10O3S/c1-2-4-3-11-6(5(4)8)7(9)10/h4,6H,2-3H2,1H3,(H,9,10)/p-1. The molecule has 1 aliphatic rings. The lowest BCUT2D eigenvalue weighted by atomic mass is 10.0. The minimum Gasteiger partial charge on any atom is -0.548 e. The number of aliphatic carboxylic acids is 1. The molecule has 1 rings (SSSR count). The van der Waals surface area contributed by atoms with E-state index in [0.29, 0.717) is 5.75 Å². The molecule has 0 saturated carbocycles. The summed E-state index contributed by atoms with van der Waals surface area (Å²) in [6.07, 6.45) is 0.732. The van der Waals surface area contributed by atoms with Gasteiger partial charge in [0.15, 0.2) is 5.78 Å². The van der Waals surface area contributed by atoms with Gasteiger partial charge in [-0.25, -0.2) is 0 Å². The summed E-state index contributed by atoms with van der Waals surface area (Å²) in [5, 5.41) is 9.42. The third kappa shape index (κ3) is 1.56. The molecule has 1 fully saturated rings. The predicted molar refractivity (Wildman–Crippen MR) is 40.0 cm³/mol. The van der Waals surface area contributed by atoms with Crippen LogP contribution in [0.3, 0.4) is 0 Å². The Bertz CT molecular complexity index is 190. The van der Waals surface area contributed by atoms with E-state index < -0.39 is 11.2 Å². The summed E-state index contributed by atoms with van der Waals surface area (Å²) in [6.45, 7) is 1.89. The van der Waals surface area contributed by atoms with Crippen molar-refractivity contribution in [2.24, 2.45) is 5.92 Å². The van der Waals surface area contributed by atoms with Gasteiger partial charge in [-0.2, -0.15) is 0 Å². The normalized spacial score (nSPS) is 30.8. The number of carbonyl (C=O) groups is 2. The summed E-state index contributed by atoms with van der Waals surface area (Å²) in [4.78, 5) is 21.5. The fourth-order valence-electron chi connectivity index (χ4n) is 1.09. The number of ketones is 1. The molecule has 0 aromatic heterocycles. The van der Waals surface area contributed by atoms with Crippen molar-refractivity contribution < 1.29 is 14.7 Å². The lowest BCUT2D eigenvalue weighted by Gasteiger charge is -2.07. The maximum Gasteiger partial charge on any atom is 0.155 e. The first-order valence-electron chi connectivity index (χ1n) is 3.53. The second kappa shape index (κ2) is 3.26. The van der Waals surface area contributed by atoms with Crippen LogP contribution in [0.5, 0.6) is 0 Å². The molecule has 11 heavy (non-hydrogen) atoms. The van der Waals surface area contributed by atoms with E-state index in [1.807, 2.05) is 6.92 Å². The molecule has 0 aromatic rings. The highest BCUT2D eigenvalue weighted by atomic mass is 32.2. The van der Waals surface area contributed by atoms with Gasteiger partial charge in [0.1, 0.15) is 5.25 Å². The molecule has 0 N–H and O–H groups in total. The highest BCUT2D eigenvalue weighted by Gasteiger charge is 2.34. The van der Waals surface area contributed by atoms with Crippen LogP contribution in [0.1, 0.15) is 13.3 Å². The molecule has 1 aliphatic heterocycles. The average Bonchev–Trinajstić information content (AvgIpc) is 2.30. The van der Waals surface area contributed by atoms with Crippen molar-refractivity contribution in [2.45, 2.75) is 18.6 Å². The van der Waals surface area contributed by atoms with Gasteiger partial charge in [0.2, 0.25) is 0 Å². The SMILES string of the molecule is CCC1CSC(C(=O)[O-])C1=O.